The third-order valence-corrected chi connectivity index (χ3v) is 5.03. The van der Waals surface area contributed by atoms with Gasteiger partial charge in [-0.1, -0.05) is 34.6 Å². The van der Waals surface area contributed by atoms with Crippen molar-refractivity contribution in [2.24, 2.45) is 4.99 Å². The van der Waals surface area contributed by atoms with Crippen molar-refractivity contribution in [3.63, 3.8) is 0 Å². The van der Waals surface area contributed by atoms with Gasteiger partial charge in [0.15, 0.2) is 11.7 Å². The second-order valence-electron chi connectivity index (χ2n) is 6.17. The predicted octanol–water partition coefficient (Wildman–Crippen LogP) is 2.69. The molecule has 1 N–H and O–H groups in total. The van der Waals surface area contributed by atoms with E-state index < -0.39 is 0 Å². The first-order valence-electron chi connectivity index (χ1n) is 9.16. The molecule has 0 spiro atoms. The van der Waals surface area contributed by atoms with Crippen molar-refractivity contribution >= 4 is 46.4 Å². The van der Waals surface area contributed by atoms with Crippen molar-refractivity contribution in [3.05, 3.63) is 66.4 Å². The summed E-state index contributed by atoms with van der Waals surface area (Å²) < 4.78 is 11.9. The zero-order valence-electron chi connectivity index (χ0n) is 16.0. The van der Waals surface area contributed by atoms with Gasteiger partial charge in [-0.3, -0.25) is 24.3 Å². The van der Waals surface area contributed by atoms with Gasteiger partial charge in [0.1, 0.15) is 11.5 Å². The van der Waals surface area contributed by atoms with Crippen molar-refractivity contribution in [2.75, 3.05) is 16.0 Å². The third-order valence-electron chi connectivity index (χ3n) is 4.10. The predicted molar refractivity (Wildman–Crippen MR) is 112 cm³/mol. The monoisotopic (exact) mass is 424 g/mol. The number of aryl methyl sites for hydroxylation is 1. The van der Waals surface area contributed by atoms with E-state index in [1.54, 1.807) is 29.1 Å². The average molecular weight is 424 g/mol. The Labute approximate surface area is 176 Å². The Bertz CT molecular complexity index is 1110. The normalized spacial score (nSPS) is 15.0. The van der Waals surface area contributed by atoms with Gasteiger partial charge in [0, 0.05) is 6.08 Å². The van der Waals surface area contributed by atoms with Gasteiger partial charge in [0.05, 0.1) is 17.7 Å². The Morgan fingerprint density at radius 1 is 1.27 bits per heavy atom. The van der Waals surface area contributed by atoms with E-state index in [-0.39, 0.29) is 29.1 Å². The molecule has 1 aromatic carbocycles. The second-order valence-corrected chi connectivity index (χ2v) is 7.12. The van der Waals surface area contributed by atoms with Gasteiger partial charge in [-0.2, -0.15) is 0 Å². The lowest BCUT2D eigenvalue weighted by Crippen LogP contribution is -2.33. The summed E-state index contributed by atoms with van der Waals surface area (Å²) in [5, 5.41) is 6.80. The number of furan rings is 1. The summed E-state index contributed by atoms with van der Waals surface area (Å²) >= 11 is 1.15. The zero-order chi connectivity index (χ0) is 20.9. The van der Waals surface area contributed by atoms with Gasteiger partial charge >= 0.3 is 5.88 Å². The van der Waals surface area contributed by atoms with E-state index >= 15 is 0 Å². The van der Waals surface area contributed by atoms with Crippen LogP contribution in [-0.2, 0) is 16.1 Å². The highest BCUT2D eigenvalue weighted by Gasteiger charge is 2.32. The number of hydrogen-bond donors (Lipinski definition) is 1. The van der Waals surface area contributed by atoms with Crippen LogP contribution in [0.5, 0.6) is 0 Å². The molecule has 152 valence electrons. The summed E-state index contributed by atoms with van der Waals surface area (Å²) in [4.78, 5) is 31.2. The van der Waals surface area contributed by atoms with Crippen molar-refractivity contribution < 1.29 is 23.2 Å². The van der Waals surface area contributed by atoms with Crippen LogP contribution in [0.4, 0.5) is 11.6 Å². The number of benzene rings is 1. The van der Waals surface area contributed by atoms with Crippen LogP contribution < -0.4 is 14.9 Å². The molecule has 0 aliphatic carbocycles. The highest BCUT2D eigenvalue weighted by Crippen LogP contribution is 2.29. The number of rotatable bonds is 6. The largest absolute Gasteiger partial charge is 0.465 e. The van der Waals surface area contributed by atoms with Crippen LogP contribution in [-0.4, -0.2) is 28.0 Å². The van der Waals surface area contributed by atoms with Crippen LogP contribution in [0.25, 0.3) is 6.08 Å². The molecule has 4 rings (SSSR count). The minimum Gasteiger partial charge on any atom is -0.465 e. The van der Waals surface area contributed by atoms with E-state index in [0.29, 0.717) is 23.2 Å². The number of amidine groups is 1. The van der Waals surface area contributed by atoms with Crippen molar-refractivity contribution in [1.29, 1.82) is 0 Å². The lowest BCUT2D eigenvalue weighted by molar-refractivity contribution is -0.759. The van der Waals surface area contributed by atoms with Crippen LogP contribution in [0, 0.1) is 0 Å². The molecule has 9 nitrogen and oxygen atoms in total. The fourth-order valence-corrected chi connectivity index (χ4v) is 3.51. The van der Waals surface area contributed by atoms with Gasteiger partial charge in [0.2, 0.25) is 11.2 Å². The summed E-state index contributed by atoms with van der Waals surface area (Å²) in [6.07, 6.45) is 4.69. The fourth-order valence-electron chi connectivity index (χ4n) is 2.69. The number of hydrogen-bond acceptors (Lipinski definition) is 7. The standard InChI is InChI=1S/C20H17N5O4S/c1-2-24-12-18(29-23-24)22-17(26)13-30-20-21-16(11-15-9-6-10-28-15)19(27)25(20)14-7-4-3-5-8-14/h3-12H,2,13H2,1H3/p+1/b16-11+. The van der Waals surface area contributed by atoms with E-state index in [2.05, 4.69) is 15.6 Å². The van der Waals surface area contributed by atoms with E-state index in [1.807, 2.05) is 37.3 Å². The number of para-hydroxylation sites is 1. The lowest BCUT2D eigenvalue weighted by Gasteiger charge is -2.17. The maximum absolute atomic E-state index is 13.0. The number of nitrogens with zero attached hydrogens (tertiary/aromatic N) is 4. The Balaban J connectivity index is 1.51. The quantitative estimate of drug-likeness (QED) is 0.482. The number of aliphatic imine (C=N–C) groups is 1. The van der Waals surface area contributed by atoms with Crippen LogP contribution in [0.1, 0.15) is 12.7 Å². The number of nitrogens with one attached hydrogen (secondary N) is 1. The molecule has 2 amide bonds. The molecule has 0 bridgehead atoms. The molecule has 0 atom stereocenters. The zero-order valence-corrected chi connectivity index (χ0v) is 16.8. The van der Waals surface area contributed by atoms with Crippen LogP contribution in [0.2, 0.25) is 0 Å². The minimum atomic E-state index is -0.300. The van der Waals surface area contributed by atoms with E-state index in [0.717, 1.165) is 11.8 Å². The topological polar surface area (TPSA) is 105 Å². The molecule has 0 unspecified atom stereocenters. The maximum Gasteiger partial charge on any atom is 0.302 e. The molecule has 0 saturated heterocycles. The first-order chi connectivity index (χ1) is 14.6. The van der Waals surface area contributed by atoms with Gasteiger partial charge in [0.25, 0.3) is 12.1 Å². The van der Waals surface area contributed by atoms with Crippen molar-refractivity contribution in [3.8, 4) is 0 Å². The molecule has 0 radical (unpaired) electrons. The van der Waals surface area contributed by atoms with Gasteiger partial charge < -0.3 is 4.42 Å². The molecule has 10 heteroatoms. The number of thioether (sulfide) groups is 1. The number of carbonyl (C=O) groups is 2. The van der Waals surface area contributed by atoms with E-state index in [9.17, 15) is 9.59 Å². The minimum absolute atomic E-state index is 0.0380. The summed E-state index contributed by atoms with van der Waals surface area (Å²) in [7, 11) is 0. The molecule has 2 aromatic heterocycles. The molecule has 30 heavy (non-hydrogen) atoms. The lowest BCUT2D eigenvalue weighted by atomic mass is 10.2. The first-order valence-corrected chi connectivity index (χ1v) is 10.1. The fraction of sp³-hybridized carbons (Fsp3) is 0.150. The number of carbonyl (C=O) groups excluding carboxylic acids is 2. The SMILES string of the molecule is CC[n+]1cc(NC(=O)CSC2=N/C(=C/c3ccco3)C(=O)N2c2ccccc2)on1. The average Bonchev–Trinajstić information content (AvgIpc) is 3.49. The third kappa shape index (κ3) is 4.33. The Morgan fingerprint density at radius 3 is 2.80 bits per heavy atom. The second kappa shape index (κ2) is 8.78. The Morgan fingerprint density at radius 2 is 2.10 bits per heavy atom. The highest BCUT2D eigenvalue weighted by molar-refractivity contribution is 8.14. The van der Waals surface area contributed by atoms with Gasteiger partial charge in [-0.05, 0) is 31.2 Å². The van der Waals surface area contributed by atoms with Crippen molar-refractivity contribution in [1.82, 2.24) is 5.27 Å². The molecule has 3 heterocycles. The highest BCUT2D eigenvalue weighted by atomic mass is 32.2. The van der Waals surface area contributed by atoms with E-state index in [1.165, 1.54) is 11.2 Å². The number of aromatic nitrogens is 2. The van der Waals surface area contributed by atoms with Gasteiger partial charge in [-0.25, -0.2) is 4.99 Å². The van der Waals surface area contributed by atoms with Crippen molar-refractivity contribution in [2.45, 2.75) is 13.5 Å². The summed E-state index contributed by atoms with van der Waals surface area (Å²) in [5.41, 5.74) is 0.896. The molecular weight excluding hydrogens is 406 g/mol. The first kappa shape index (κ1) is 19.6. The molecule has 3 aromatic rings. The number of amides is 2. The van der Waals surface area contributed by atoms with Gasteiger partial charge in [-0.15, -0.1) is 0 Å². The Hall–Kier alpha value is -3.66. The van der Waals surface area contributed by atoms with Crippen LogP contribution in [0.15, 0.2) is 74.6 Å². The smallest absolute Gasteiger partial charge is 0.302 e. The Kier molecular flexibility index (Phi) is 5.75. The van der Waals surface area contributed by atoms with Crippen LogP contribution in [0.3, 0.4) is 0 Å². The van der Waals surface area contributed by atoms with Crippen LogP contribution >= 0.6 is 11.8 Å². The molecule has 0 saturated carbocycles. The molecule has 1 aliphatic heterocycles. The molecule has 1 aliphatic rings. The molecular formula is C20H18N5O4S+. The molecule has 0 fully saturated rings. The summed E-state index contributed by atoms with van der Waals surface area (Å²) in [6, 6.07) is 12.6. The van der Waals surface area contributed by atoms with E-state index in [4.69, 9.17) is 8.94 Å². The maximum atomic E-state index is 13.0. The summed E-state index contributed by atoms with van der Waals surface area (Å²) in [6.45, 7) is 2.54. The summed E-state index contributed by atoms with van der Waals surface area (Å²) in [5.74, 6) is 0.223. The number of anilines is 2.